The topological polar surface area (TPSA) is 24.9 Å². The van der Waals surface area contributed by atoms with Gasteiger partial charge in [0.2, 0.25) is 0 Å². The van der Waals surface area contributed by atoms with Gasteiger partial charge in [-0.3, -0.25) is 0 Å². The van der Waals surface area contributed by atoms with Crippen molar-refractivity contribution in [3.63, 3.8) is 0 Å². The normalized spacial score (nSPS) is 21.9. The first-order valence-electron chi connectivity index (χ1n) is 8.51. The van der Waals surface area contributed by atoms with Gasteiger partial charge in [0.15, 0.2) is 0 Å². The van der Waals surface area contributed by atoms with Crippen LogP contribution in [0.2, 0.25) is 0 Å². The lowest BCUT2D eigenvalue weighted by molar-refractivity contribution is 0.374. The average molecular weight is 295 g/mol. The number of thiazole rings is 1. The molecule has 0 aliphatic heterocycles. The summed E-state index contributed by atoms with van der Waals surface area (Å²) in [5, 5.41) is 7.13. The number of rotatable bonds is 3. The van der Waals surface area contributed by atoms with E-state index in [4.69, 9.17) is 0 Å². The smallest absolute Gasteiger partial charge is 0.109 e. The van der Waals surface area contributed by atoms with Gasteiger partial charge in [-0.1, -0.05) is 57.8 Å². The number of nitrogens with zero attached hydrogens (tertiary/aromatic N) is 1. The Morgan fingerprint density at radius 3 is 2.05 bits per heavy atom. The Morgan fingerprint density at radius 1 is 1.00 bits per heavy atom. The second kappa shape index (κ2) is 9.51. The summed E-state index contributed by atoms with van der Waals surface area (Å²) < 4.78 is 0. The van der Waals surface area contributed by atoms with Crippen LogP contribution in [0, 0.1) is 0 Å². The third kappa shape index (κ3) is 5.92. The highest BCUT2D eigenvalue weighted by atomic mass is 32.1. The Kier molecular flexibility index (Phi) is 7.60. The minimum atomic E-state index is 0.410. The highest BCUT2D eigenvalue weighted by Gasteiger charge is 2.15. The summed E-state index contributed by atoms with van der Waals surface area (Å²) in [7, 11) is 0. The number of aromatic nitrogens is 1. The summed E-state index contributed by atoms with van der Waals surface area (Å²) in [6.07, 6.45) is 17.5. The van der Waals surface area contributed by atoms with E-state index in [1.807, 2.05) is 6.20 Å². The fourth-order valence-corrected chi connectivity index (χ4v) is 3.86. The summed E-state index contributed by atoms with van der Waals surface area (Å²) in [4.78, 5) is 4.44. The van der Waals surface area contributed by atoms with Crippen LogP contribution in [0.1, 0.15) is 88.6 Å². The van der Waals surface area contributed by atoms with Crippen molar-refractivity contribution in [3.05, 3.63) is 16.6 Å². The van der Waals surface area contributed by atoms with Gasteiger partial charge in [-0.2, -0.15) is 0 Å². The van der Waals surface area contributed by atoms with E-state index in [1.165, 1.54) is 75.6 Å². The maximum atomic E-state index is 4.44. The van der Waals surface area contributed by atoms with Crippen LogP contribution >= 0.6 is 11.3 Å². The van der Waals surface area contributed by atoms with Gasteiger partial charge in [0.25, 0.3) is 0 Å². The van der Waals surface area contributed by atoms with E-state index in [9.17, 15) is 0 Å². The van der Waals surface area contributed by atoms with Crippen molar-refractivity contribution in [2.24, 2.45) is 0 Å². The third-order valence-corrected chi connectivity index (χ3v) is 5.37. The Balaban J connectivity index is 1.79. The summed E-state index contributed by atoms with van der Waals surface area (Å²) >= 11 is 1.77. The summed E-state index contributed by atoms with van der Waals surface area (Å²) in [5.41, 5.74) is 0. The van der Waals surface area contributed by atoms with Gasteiger partial charge in [-0.25, -0.2) is 4.98 Å². The van der Waals surface area contributed by atoms with Crippen molar-refractivity contribution >= 4 is 11.3 Å². The lowest BCUT2D eigenvalue weighted by Crippen LogP contribution is -2.31. The van der Waals surface area contributed by atoms with E-state index in [-0.39, 0.29) is 0 Å². The SMILES string of the molecule is CC(NC1CCCCCCCCCCC1)c1nccs1. The zero-order valence-corrected chi connectivity index (χ0v) is 13.8. The van der Waals surface area contributed by atoms with Crippen molar-refractivity contribution in [1.29, 1.82) is 0 Å². The average Bonchev–Trinajstić information content (AvgIpc) is 2.96. The molecule has 1 saturated carbocycles. The van der Waals surface area contributed by atoms with Gasteiger partial charge in [0, 0.05) is 17.6 Å². The van der Waals surface area contributed by atoms with Crippen molar-refractivity contribution < 1.29 is 0 Å². The third-order valence-electron chi connectivity index (χ3n) is 4.41. The molecule has 1 fully saturated rings. The quantitative estimate of drug-likeness (QED) is 0.800. The van der Waals surface area contributed by atoms with Gasteiger partial charge >= 0.3 is 0 Å². The van der Waals surface area contributed by atoms with Crippen molar-refractivity contribution in [1.82, 2.24) is 10.3 Å². The lowest BCUT2D eigenvalue weighted by Gasteiger charge is -2.23. The Labute approximate surface area is 128 Å². The Morgan fingerprint density at radius 2 is 1.55 bits per heavy atom. The monoisotopic (exact) mass is 294 g/mol. The van der Waals surface area contributed by atoms with Crippen LogP contribution in [0.5, 0.6) is 0 Å². The molecule has 0 bridgehead atoms. The lowest BCUT2D eigenvalue weighted by atomic mass is 9.97. The molecule has 114 valence electrons. The fourth-order valence-electron chi connectivity index (χ4n) is 3.20. The molecule has 0 aromatic carbocycles. The summed E-state index contributed by atoms with van der Waals surface area (Å²) in [6, 6.07) is 1.10. The van der Waals surface area contributed by atoms with Crippen molar-refractivity contribution in [3.8, 4) is 0 Å². The molecule has 0 spiro atoms. The molecule has 0 saturated heterocycles. The summed E-state index contributed by atoms with van der Waals surface area (Å²) in [6.45, 7) is 2.26. The van der Waals surface area contributed by atoms with Gasteiger partial charge in [0.05, 0.1) is 6.04 Å². The highest BCUT2D eigenvalue weighted by Crippen LogP contribution is 2.21. The molecule has 1 aliphatic rings. The Bertz CT molecular complexity index is 325. The van der Waals surface area contributed by atoms with Crippen LogP contribution in [0.3, 0.4) is 0 Å². The number of hydrogen-bond acceptors (Lipinski definition) is 3. The van der Waals surface area contributed by atoms with E-state index < -0.39 is 0 Å². The van der Waals surface area contributed by atoms with Crippen molar-refractivity contribution in [2.45, 2.75) is 89.6 Å². The maximum absolute atomic E-state index is 4.44. The Hall–Kier alpha value is -0.410. The second-order valence-electron chi connectivity index (χ2n) is 6.21. The first-order valence-corrected chi connectivity index (χ1v) is 9.39. The van der Waals surface area contributed by atoms with E-state index in [2.05, 4.69) is 22.6 Å². The molecule has 1 aromatic heterocycles. The molecule has 0 amide bonds. The van der Waals surface area contributed by atoms with Gasteiger partial charge in [0.1, 0.15) is 5.01 Å². The van der Waals surface area contributed by atoms with Crippen LogP contribution in [0.4, 0.5) is 0 Å². The molecule has 1 unspecified atom stereocenters. The summed E-state index contributed by atoms with van der Waals surface area (Å²) in [5.74, 6) is 0. The predicted molar refractivity (Wildman–Crippen MR) is 88.2 cm³/mol. The molecular weight excluding hydrogens is 264 g/mol. The zero-order valence-electron chi connectivity index (χ0n) is 12.9. The van der Waals surface area contributed by atoms with Gasteiger partial charge < -0.3 is 5.32 Å². The molecule has 2 nitrogen and oxygen atoms in total. The van der Waals surface area contributed by atoms with Crippen LogP contribution in [-0.4, -0.2) is 11.0 Å². The molecule has 1 aromatic rings. The highest BCUT2D eigenvalue weighted by molar-refractivity contribution is 7.09. The molecule has 20 heavy (non-hydrogen) atoms. The molecule has 1 heterocycles. The first-order chi connectivity index (χ1) is 9.86. The van der Waals surface area contributed by atoms with Crippen molar-refractivity contribution in [2.75, 3.05) is 0 Å². The maximum Gasteiger partial charge on any atom is 0.109 e. The fraction of sp³-hybridized carbons (Fsp3) is 0.824. The minimum absolute atomic E-state index is 0.410. The van der Waals surface area contributed by atoms with Gasteiger partial charge in [-0.15, -0.1) is 11.3 Å². The van der Waals surface area contributed by atoms with Crippen LogP contribution in [0.25, 0.3) is 0 Å². The zero-order chi connectivity index (χ0) is 14.0. The van der Waals surface area contributed by atoms with Crippen LogP contribution in [-0.2, 0) is 0 Å². The predicted octanol–water partition coefficient (Wildman–Crippen LogP) is 5.47. The van der Waals surface area contributed by atoms with E-state index in [0.717, 1.165) is 0 Å². The molecule has 1 N–H and O–H groups in total. The van der Waals surface area contributed by atoms with E-state index in [1.54, 1.807) is 11.3 Å². The minimum Gasteiger partial charge on any atom is -0.305 e. The molecule has 0 radical (unpaired) electrons. The van der Waals surface area contributed by atoms with Crippen LogP contribution in [0.15, 0.2) is 11.6 Å². The molecular formula is C17H30N2S. The molecule has 3 heteroatoms. The second-order valence-corrected chi connectivity index (χ2v) is 7.14. The number of nitrogens with one attached hydrogen (secondary N) is 1. The first kappa shape index (κ1) is 16.0. The standard InChI is InChI=1S/C17H30N2S/c1-15(17-18-13-14-20-17)19-16-11-9-7-5-3-2-4-6-8-10-12-16/h13-16,19H,2-12H2,1H3. The van der Waals surface area contributed by atoms with E-state index in [0.29, 0.717) is 12.1 Å². The van der Waals surface area contributed by atoms with E-state index >= 15 is 0 Å². The largest absolute Gasteiger partial charge is 0.305 e. The van der Waals surface area contributed by atoms with Gasteiger partial charge in [-0.05, 0) is 19.8 Å². The molecule has 1 aliphatic carbocycles. The molecule has 1 atom stereocenters. The number of hydrogen-bond donors (Lipinski definition) is 1. The van der Waals surface area contributed by atoms with Crippen LogP contribution < -0.4 is 5.32 Å². The molecule has 2 rings (SSSR count).